The molecule has 9 nitrogen and oxygen atoms in total. The number of benzene rings is 2. The van der Waals surface area contributed by atoms with Crippen LogP contribution in [0.1, 0.15) is 5.56 Å². The molecule has 126 valence electrons. The zero-order chi connectivity index (χ0) is 18.0. The molecule has 0 aliphatic carbocycles. The summed E-state index contributed by atoms with van der Waals surface area (Å²) in [5, 5.41) is 18.5. The summed E-state index contributed by atoms with van der Waals surface area (Å²) < 4.78 is 53.2. The standard InChI is InChI=1S/C13H11N3O6S2/c14-8-9-1-6-12(13(7-9)22-24(16,19)20)10-2-4-11(5-3-10)21-23(15,17)18/h1-7H,(H2,15,17,18)(H2,16,19,20). The molecule has 0 bridgehead atoms. The molecule has 0 radical (unpaired) electrons. The van der Waals surface area contributed by atoms with Crippen molar-refractivity contribution >= 4 is 20.6 Å². The molecule has 0 aliphatic heterocycles. The first-order chi connectivity index (χ1) is 11.1. The van der Waals surface area contributed by atoms with Gasteiger partial charge in [-0.3, -0.25) is 0 Å². The van der Waals surface area contributed by atoms with Gasteiger partial charge in [-0.2, -0.15) is 32.4 Å². The molecular formula is C13H11N3O6S2. The third-order valence-electron chi connectivity index (χ3n) is 2.69. The molecule has 0 heterocycles. The van der Waals surface area contributed by atoms with Crippen molar-refractivity contribution in [2.45, 2.75) is 0 Å². The minimum Gasteiger partial charge on any atom is -0.371 e. The molecule has 0 saturated carbocycles. The van der Waals surface area contributed by atoms with Crippen LogP contribution >= 0.6 is 0 Å². The van der Waals surface area contributed by atoms with E-state index in [1.807, 2.05) is 6.07 Å². The van der Waals surface area contributed by atoms with Crippen LogP contribution in [-0.2, 0) is 20.6 Å². The van der Waals surface area contributed by atoms with Gasteiger partial charge in [0.25, 0.3) is 0 Å². The Morgan fingerprint density at radius 1 is 0.875 bits per heavy atom. The van der Waals surface area contributed by atoms with Crippen LogP contribution in [0.2, 0.25) is 0 Å². The fraction of sp³-hybridized carbons (Fsp3) is 0. The van der Waals surface area contributed by atoms with Crippen molar-refractivity contribution in [1.82, 2.24) is 0 Å². The van der Waals surface area contributed by atoms with Crippen molar-refractivity contribution in [3.63, 3.8) is 0 Å². The molecule has 2 aromatic rings. The summed E-state index contributed by atoms with van der Waals surface area (Å²) >= 11 is 0. The van der Waals surface area contributed by atoms with Crippen LogP contribution in [0.15, 0.2) is 42.5 Å². The molecule has 11 heteroatoms. The van der Waals surface area contributed by atoms with E-state index in [0.29, 0.717) is 11.1 Å². The summed E-state index contributed by atoms with van der Waals surface area (Å²) in [5.74, 6) is -0.166. The lowest BCUT2D eigenvalue weighted by Gasteiger charge is -2.10. The van der Waals surface area contributed by atoms with Crippen LogP contribution in [-0.4, -0.2) is 16.8 Å². The lowest BCUT2D eigenvalue weighted by molar-refractivity contribution is 0.485. The molecule has 0 unspecified atom stereocenters. The van der Waals surface area contributed by atoms with Gasteiger partial charge < -0.3 is 8.37 Å². The molecule has 0 fully saturated rings. The van der Waals surface area contributed by atoms with Crippen LogP contribution in [0.4, 0.5) is 0 Å². The fourth-order valence-electron chi connectivity index (χ4n) is 1.85. The van der Waals surface area contributed by atoms with Crippen LogP contribution < -0.4 is 18.6 Å². The second kappa shape index (κ2) is 6.46. The minimum absolute atomic E-state index is 0.0243. The van der Waals surface area contributed by atoms with Crippen LogP contribution in [0.5, 0.6) is 11.5 Å². The highest BCUT2D eigenvalue weighted by atomic mass is 32.2. The van der Waals surface area contributed by atoms with E-state index >= 15 is 0 Å². The van der Waals surface area contributed by atoms with E-state index in [0.717, 1.165) is 0 Å². The smallest absolute Gasteiger partial charge is 0.371 e. The number of rotatable bonds is 5. The van der Waals surface area contributed by atoms with Crippen molar-refractivity contribution in [3.8, 4) is 28.7 Å². The van der Waals surface area contributed by atoms with Crippen molar-refractivity contribution in [3.05, 3.63) is 48.0 Å². The molecule has 2 rings (SSSR count). The zero-order valence-corrected chi connectivity index (χ0v) is 13.5. The summed E-state index contributed by atoms with van der Waals surface area (Å²) in [6.07, 6.45) is 0. The average molecular weight is 369 g/mol. The van der Waals surface area contributed by atoms with Crippen molar-refractivity contribution in [1.29, 1.82) is 5.26 Å². The predicted molar refractivity (Wildman–Crippen MR) is 84.1 cm³/mol. The molecule has 0 saturated heterocycles. The molecule has 2 aromatic carbocycles. The number of nitrogens with two attached hydrogens (primary N) is 2. The number of nitriles is 1. The number of hydrogen-bond acceptors (Lipinski definition) is 7. The maximum absolute atomic E-state index is 11.2. The van der Waals surface area contributed by atoms with Crippen LogP contribution in [0.25, 0.3) is 11.1 Å². The highest BCUT2D eigenvalue weighted by molar-refractivity contribution is 7.85. The molecule has 0 spiro atoms. The molecule has 0 aromatic heterocycles. The Morgan fingerprint density at radius 2 is 1.46 bits per heavy atom. The Labute approximate surface area is 138 Å². The highest BCUT2D eigenvalue weighted by Crippen LogP contribution is 2.32. The summed E-state index contributed by atoms with van der Waals surface area (Å²) in [5.41, 5.74) is 0.969. The molecule has 4 N–H and O–H groups in total. The largest absolute Gasteiger partial charge is 0.380 e. The van der Waals surface area contributed by atoms with Gasteiger partial charge in [-0.25, -0.2) is 0 Å². The second-order valence-electron chi connectivity index (χ2n) is 4.50. The maximum Gasteiger partial charge on any atom is 0.380 e. The molecule has 24 heavy (non-hydrogen) atoms. The number of hydrogen-bond donors (Lipinski definition) is 2. The monoisotopic (exact) mass is 369 g/mol. The second-order valence-corrected chi connectivity index (χ2v) is 6.80. The quantitative estimate of drug-likeness (QED) is 0.769. The van der Waals surface area contributed by atoms with E-state index in [4.69, 9.17) is 19.7 Å². The van der Waals surface area contributed by atoms with Gasteiger partial charge in [-0.05, 0) is 29.8 Å². The van der Waals surface area contributed by atoms with Gasteiger partial charge in [0, 0.05) is 11.6 Å². The van der Waals surface area contributed by atoms with E-state index in [9.17, 15) is 16.8 Å². The first-order valence-electron chi connectivity index (χ1n) is 6.16. The average Bonchev–Trinajstić information content (AvgIpc) is 2.45. The van der Waals surface area contributed by atoms with Gasteiger partial charge in [0.05, 0.1) is 11.6 Å². The molecule has 0 amide bonds. The van der Waals surface area contributed by atoms with Gasteiger partial charge in [0.2, 0.25) is 0 Å². The van der Waals surface area contributed by atoms with Crippen LogP contribution in [0, 0.1) is 11.3 Å². The topological polar surface area (TPSA) is 163 Å². The third-order valence-corrected chi connectivity index (χ3v) is 3.53. The van der Waals surface area contributed by atoms with Gasteiger partial charge in [0.1, 0.15) is 5.75 Å². The predicted octanol–water partition coefficient (Wildman–Crippen LogP) is 0.390. The van der Waals surface area contributed by atoms with E-state index in [1.54, 1.807) is 0 Å². The fourth-order valence-corrected chi connectivity index (χ4v) is 2.62. The lowest BCUT2D eigenvalue weighted by atomic mass is 10.0. The highest BCUT2D eigenvalue weighted by Gasteiger charge is 2.14. The van der Waals surface area contributed by atoms with E-state index in [2.05, 4.69) is 4.18 Å². The minimum atomic E-state index is -4.29. The summed E-state index contributed by atoms with van der Waals surface area (Å²) in [6.45, 7) is 0. The van der Waals surface area contributed by atoms with Crippen molar-refractivity contribution in [2.24, 2.45) is 10.3 Å². The van der Waals surface area contributed by atoms with Crippen molar-refractivity contribution in [2.75, 3.05) is 0 Å². The lowest BCUT2D eigenvalue weighted by Crippen LogP contribution is -2.19. The Balaban J connectivity index is 2.46. The van der Waals surface area contributed by atoms with Crippen molar-refractivity contribution < 1.29 is 25.2 Å². The Morgan fingerprint density at radius 3 is 1.96 bits per heavy atom. The first kappa shape index (κ1) is 17.7. The molecule has 0 aliphatic rings. The summed E-state index contributed by atoms with van der Waals surface area (Å²) in [6, 6.07) is 11.5. The van der Waals surface area contributed by atoms with E-state index in [1.165, 1.54) is 42.5 Å². The summed E-state index contributed by atoms with van der Waals surface area (Å²) in [4.78, 5) is 0. The molecular weight excluding hydrogens is 358 g/mol. The first-order valence-corrected chi connectivity index (χ1v) is 9.11. The normalized spacial score (nSPS) is 11.5. The Bertz CT molecular complexity index is 1010. The Kier molecular flexibility index (Phi) is 4.76. The van der Waals surface area contributed by atoms with Gasteiger partial charge in [0.15, 0.2) is 5.75 Å². The maximum atomic E-state index is 11.2. The van der Waals surface area contributed by atoms with E-state index in [-0.39, 0.29) is 17.1 Å². The van der Waals surface area contributed by atoms with E-state index < -0.39 is 20.6 Å². The van der Waals surface area contributed by atoms with Crippen LogP contribution in [0.3, 0.4) is 0 Å². The Hall–Kier alpha value is -2.65. The van der Waals surface area contributed by atoms with Gasteiger partial charge >= 0.3 is 20.6 Å². The number of nitrogens with zero attached hydrogens (tertiary/aromatic N) is 1. The zero-order valence-electron chi connectivity index (χ0n) is 11.9. The third kappa shape index (κ3) is 4.93. The van der Waals surface area contributed by atoms with Gasteiger partial charge in [-0.1, -0.05) is 12.1 Å². The SMILES string of the molecule is N#Cc1ccc(-c2ccc(OS(N)(=O)=O)cc2)c(OS(N)(=O)=O)c1. The van der Waals surface area contributed by atoms with Gasteiger partial charge in [-0.15, -0.1) is 0 Å². The summed E-state index contributed by atoms with van der Waals surface area (Å²) in [7, 11) is -8.45. The molecule has 0 atom stereocenters.